The van der Waals surface area contributed by atoms with Crippen LogP contribution >= 0.6 is 0 Å². The van der Waals surface area contributed by atoms with E-state index >= 15 is 0 Å². The number of hydrogen-bond donors (Lipinski definition) is 1. The fraction of sp³-hybridized carbons (Fsp3) is 0.111. The number of hydrogen-bond acceptors (Lipinski definition) is 0. The summed E-state index contributed by atoms with van der Waals surface area (Å²) in [6.07, 6.45) is 4.27. The quantitative estimate of drug-likeness (QED) is 0.536. The Morgan fingerprint density at radius 3 is 3.00 bits per heavy atom. The van der Waals surface area contributed by atoms with Gasteiger partial charge in [-0.05, 0) is 11.6 Å². The molecular formula is C9H10N+. The minimum absolute atomic E-state index is 1.09. The highest BCUT2D eigenvalue weighted by molar-refractivity contribution is 5.53. The van der Waals surface area contributed by atoms with Gasteiger partial charge in [-0.15, -0.1) is 0 Å². The van der Waals surface area contributed by atoms with E-state index in [2.05, 4.69) is 41.9 Å². The van der Waals surface area contributed by atoms with Crippen molar-refractivity contribution in [1.29, 1.82) is 0 Å². The summed E-state index contributed by atoms with van der Waals surface area (Å²) >= 11 is 0. The van der Waals surface area contributed by atoms with E-state index in [9.17, 15) is 0 Å². The Kier molecular flexibility index (Phi) is 1.29. The Hall–Kier alpha value is -1.08. The van der Waals surface area contributed by atoms with Gasteiger partial charge >= 0.3 is 0 Å². The van der Waals surface area contributed by atoms with Crippen molar-refractivity contribution in [3.8, 4) is 0 Å². The van der Waals surface area contributed by atoms with Crippen molar-refractivity contribution in [2.45, 2.75) is 6.54 Å². The second-order valence-corrected chi connectivity index (χ2v) is 2.50. The highest BCUT2D eigenvalue weighted by atomic mass is 14.8. The second kappa shape index (κ2) is 2.27. The van der Waals surface area contributed by atoms with Gasteiger partial charge in [-0.2, -0.15) is 0 Å². The van der Waals surface area contributed by atoms with Crippen molar-refractivity contribution in [2.24, 2.45) is 0 Å². The molecule has 0 fully saturated rings. The van der Waals surface area contributed by atoms with Crippen LogP contribution in [0.2, 0.25) is 0 Å². The van der Waals surface area contributed by atoms with Crippen LogP contribution in [0.25, 0.3) is 6.08 Å². The maximum Gasteiger partial charge on any atom is 0.106 e. The standard InChI is InChI=1S/C9H9N/c1-2-4-9-7-10-6-5-8(9)3-1/h1-6,10H,7H2/p+1. The molecule has 10 heavy (non-hydrogen) atoms. The topological polar surface area (TPSA) is 16.6 Å². The molecule has 1 heterocycles. The van der Waals surface area contributed by atoms with Crippen LogP contribution in [0.5, 0.6) is 0 Å². The molecule has 0 unspecified atom stereocenters. The van der Waals surface area contributed by atoms with Crippen molar-refractivity contribution in [2.75, 3.05) is 0 Å². The lowest BCUT2D eigenvalue weighted by Crippen LogP contribution is -2.76. The summed E-state index contributed by atoms with van der Waals surface area (Å²) < 4.78 is 0. The molecule has 1 aliphatic rings. The number of benzene rings is 1. The van der Waals surface area contributed by atoms with E-state index in [4.69, 9.17) is 0 Å². The van der Waals surface area contributed by atoms with Gasteiger partial charge in [0.25, 0.3) is 0 Å². The third-order valence-corrected chi connectivity index (χ3v) is 1.80. The molecule has 2 N–H and O–H groups in total. The van der Waals surface area contributed by atoms with Crippen LogP contribution in [-0.2, 0) is 6.54 Å². The molecule has 1 heteroatoms. The average Bonchev–Trinajstić information content (AvgIpc) is 2.05. The zero-order chi connectivity index (χ0) is 6.81. The Morgan fingerprint density at radius 2 is 2.10 bits per heavy atom. The van der Waals surface area contributed by atoms with Crippen molar-refractivity contribution in [1.82, 2.24) is 0 Å². The molecule has 1 aromatic carbocycles. The predicted molar refractivity (Wildman–Crippen MR) is 41.1 cm³/mol. The third kappa shape index (κ3) is 0.847. The lowest BCUT2D eigenvalue weighted by molar-refractivity contribution is -0.604. The van der Waals surface area contributed by atoms with E-state index in [0.717, 1.165) is 6.54 Å². The predicted octanol–water partition coefficient (Wildman–Crippen LogP) is 0.734. The Labute approximate surface area is 60.4 Å². The van der Waals surface area contributed by atoms with Crippen LogP contribution in [0, 0.1) is 0 Å². The number of nitrogens with two attached hydrogens (primary N) is 1. The number of quaternary nitrogens is 1. The van der Waals surface area contributed by atoms with Crippen LogP contribution < -0.4 is 5.32 Å². The number of rotatable bonds is 0. The Bertz CT molecular complexity index is 263. The van der Waals surface area contributed by atoms with Gasteiger partial charge in [0.1, 0.15) is 6.54 Å². The summed E-state index contributed by atoms with van der Waals surface area (Å²) in [5, 5.41) is 2.18. The first-order valence-corrected chi connectivity index (χ1v) is 3.54. The van der Waals surface area contributed by atoms with Crippen LogP contribution in [0.3, 0.4) is 0 Å². The first-order chi connectivity index (χ1) is 4.97. The smallest absolute Gasteiger partial charge is 0.106 e. The van der Waals surface area contributed by atoms with Crippen LogP contribution in [0.15, 0.2) is 30.5 Å². The first-order valence-electron chi connectivity index (χ1n) is 3.54. The van der Waals surface area contributed by atoms with Gasteiger partial charge in [0, 0.05) is 5.56 Å². The zero-order valence-corrected chi connectivity index (χ0v) is 5.75. The van der Waals surface area contributed by atoms with Gasteiger partial charge < -0.3 is 5.32 Å². The van der Waals surface area contributed by atoms with Gasteiger partial charge in [-0.3, -0.25) is 0 Å². The highest BCUT2D eigenvalue weighted by Crippen LogP contribution is 2.09. The molecule has 1 aromatic rings. The van der Waals surface area contributed by atoms with Crippen LogP contribution in [0.1, 0.15) is 11.1 Å². The summed E-state index contributed by atoms with van der Waals surface area (Å²) in [6, 6.07) is 8.49. The Morgan fingerprint density at radius 1 is 1.20 bits per heavy atom. The van der Waals surface area contributed by atoms with Crippen molar-refractivity contribution in [3.05, 3.63) is 41.6 Å². The first kappa shape index (κ1) is 5.69. The van der Waals surface area contributed by atoms with E-state index in [1.165, 1.54) is 11.1 Å². The minimum atomic E-state index is 1.09. The monoisotopic (exact) mass is 132 g/mol. The van der Waals surface area contributed by atoms with E-state index in [0.29, 0.717) is 0 Å². The molecule has 0 bridgehead atoms. The SMILES string of the molecule is C1=Cc2ccccc2C[NH2+]1. The van der Waals surface area contributed by atoms with E-state index in [1.54, 1.807) is 0 Å². The molecule has 1 aliphatic heterocycles. The molecule has 0 atom stereocenters. The van der Waals surface area contributed by atoms with Crippen molar-refractivity contribution < 1.29 is 5.32 Å². The van der Waals surface area contributed by atoms with Gasteiger partial charge in [-0.25, -0.2) is 0 Å². The van der Waals surface area contributed by atoms with Gasteiger partial charge in [0.15, 0.2) is 0 Å². The van der Waals surface area contributed by atoms with E-state index in [1.807, 2.05) is 0 Å². The molecule has 0 aromatic heterocycles. The minimum Gasteiger partial charge on any atom is -0.316 e. The molecule has 2 rings (SSSR count). The summed E-state index contributed by atoms with van der Waals surface area (Å²) in [5.74, 6) is 0. The van der Waals surface area contributed by atoms with Crippen molar-refractivity contribution in [3.63, 3.8) is 0 Å². The largest absolute Gasteiger partial charge is 0.316 e. The highest BCUT2D eigenvalue weighted by Gasteiger charge is 2.02. The third-order valence-electron chi connectivity index (χ3n) is 1.80. The normalized spacial score (nSPS) is 14.8. The molecule has 0 amide bonds. The fourth-order valence-corrected chi connectivity index (χ4v) is 1.25. The van der Waals surface area contributed by atoms with E-state index in [-0.39, 0.29) is 0 Å². The van der Waals surface area contributed by atoms with Gasteiger partial charge in [0.05, 0.1) is 6.20 Å². The van der Waals surface area contributed by atoms with Crippen LogP contribution in [-0.4, -0.2) is 0 Å². The summed E-state index contributed by atoms with van der Waals surface area (Å²) in [6.45, 7) is 1.09. The Balaban J connectivity index is 2.54. The summed E-state index contributed by atoms with van der Waals surface area (Å²) in [4.78, 5) is 0. The van der Waals surface area contributed by atoms with Gasteiger partial charge in [-0.1, -0.05) is 24.3 Å². The van der Waals surface area contributed by atoms with Crippen molar-refractivity contribution >= 4 is 6.08 Å². The molecule has 0 aliphatic carbocycles. The molecule has 0 spiro atoms. The lowest BCUT2D eigenvalue weighted by Gasteiger charge is -2.06. The van der Waals surface area contributed by atoms with Crippen LogP contribution in [0.4, 0.5) is 0 Å². The maximum absolute atomic E-state index is 2.18. The fourth-order valence-electron chi connectivity index (χ4n) is 1.25. The summed E-state index contributed by atoms with van der Waals surface area (Å²) in [5.41, 5.74) is 2.80. The van der Waals surface area contributed by atoms with Gasteiger partial charge in [0.2, 0.25) is 0 Å². The molecule has 1 nitrogen and oxygen atoms in total. The second-order valence-electron chi connectivity index (χ2n) is 2.50. The lowest BCUT2D eigenvalue weighted by atomic mass is 10.1. The molecular weight excluding hydrogens is 122 g/mol. The molecule has 0 saturated carbocycles. The zero-order valence-electron chi connectivity index (χ0n) is 5.75. The summed E-state index contributed by atoms with van der Waals surface area (Å²) in [7, 11) is 0. The van der Waals surface area contributed by atoms with E-state index < -0.39 is 0 Å². The molecule has 0 saturated heterocycles. The average molecular weight is 132 g/mol. The maximum atomic E-state index is 2.18. The molecule has 0 radical (unpaired) electrons. The molecule has 50 valence electrons. The number of fused-ring (bicyclic) bond motifs is 1.